The molecule has 0 aromatic heterocycles. The lowest BCUT2D eigenvalue weighted by Gasteiger charge is -2.27. The van der Waals surface area contributed by atoms with Gasteiger partial charge in [0, 0.05) is 11.1 Å². The van der Waals surface area contributed by atoms with Crippen molar-refractivity contribution in [1.29, 1.82) is 0 Å². The van der Waals surface area contributed by atoms with Gasteiger partial charge in [0.15, 0.2) is 23.2 Å². The summed E-state index contributed by atoms with van der Waals surface area (Å²) in [5, 5.41) is 0. The van der Waals surface area contributed by atoms with Crippen LogP contribution in [-0.2, 0) is 6.42 Å². The molecule has 0 heterocycles. The van der Waals surface area contributed by atoms with Gasteiger partial charge in [0.25, 0.3) is 0 Å². The zero-order valence-electron chi connectivity index (χ0n) is 22.2. The summed E-state index contributed by atoms with van der Waals surface area (Å²) in [6, 6.07) is 14.0. The van der Waals surface area contributed by atoms with Crippen molar-refractivity contribution >= 4 is 6.08 Å². The van der Waals surface area contributed by atoms with Gasteiger partial charge >= 0.3 is 0 Å². The Kier molecular flexibility index (Phi) is 9.65. The van der Waals surface area contributed by atoms with E-state index in [1.54, 1.807) is 31.2 Å². The van der Waals surface area contributed by atoms with E-state index in [2.05, 4.69) is 6.92 Å². The molecular weight excluding hydrogens is 488 g/mol. The van der Waals surface area contributed by atoms with Crippen molar-refractivity contribution in [3.63, 3.8) is 0 Å². The Hall–Kier alpha value is -3.08. The lowest BCUT2D eigenvalue weighted by atomic mass is 9.78. The maximum Gasteiger partial charge on any atom is 0.200 e. The van der Waals surface area contributed by atoms with Crippen LogP contribution < -0.4 is 4.74 Å². The first kappa shape index (κ1) is 27.9. The van der Waals surface area contributed by atoms with E-state index >= 15 is 0 Å². The van der Waals surface area contributed by atoms with Crippen molar-refractivity contribution in [2.75, 3.05) is 6.61 Å². The maximum atomic E-state index is 15.0. The molecule has 0 N–H and O–H groups in total. The topological polar surface area (TPSA) is 9.23 Å². The first-order chi connectivity index (χ1) is 18.4. The molecule has 0 bridgehead atoms. The highest BCUT2D eigenvalue weighted by molar-refractivity contribution is 5.67. The molecule has 0 unspecified atom stereocenters. The summed E-state index contributed by atoms with van der Waals surface area (Å²) in [4.78, 5) is 0. The van der Waals surface area contributed by atoms with Gasteiger partial charge in [0.1, 0.15) is 0 Å². The number of hydrogen-bond donors (Lipinski definition) is 0. The van der Waals surface area contributed by atoms with E-state index in [0.29, 0.717) is 24.0 Å². The van der Waals surface area contributed by atoms with E-state index in [0.717, 1.165) is 32.1 Å². The molecule has 0 aliphatic heterocycles. The number of rotatable bonds is 10. The molecule has 0 amide bonds. The SMILES string of the molecule is CCCCCc1ccc(-c2ccc(/C=C/C3CCC(c4ccc(OCC)c(F)c4F)CC3)c(F)c2F)cc1. The van der Waals surface area contributed by atoms with Crippen LogP contribution in [0.25, 0.3) is 17.2 Å². The molecule has 1 aliphatic carbocycles. The second-order valence-corrected chi connectivity index (χ2v) is 10.2. The Labute approximate surface area is 223 Å². The van der Waals surface area contributed by atoms with Gasteiger partial charge in [-0.25, -0.2) is 13.2 Å². The fourth-order valence-corrected chi connectivity index (χ4v) is 5.34. The van der Waals surface area contributed by atoms with Crippen LogP contribution in [0.2, 0.25) is 0 Å². The molecule has 0 radical (unpaired) electrons. The summed E-state index contributed by atoms with van der Waals surface area (Å²) in [5.41, 5.74) is 2.71. The fourth-order valence-electron chi connectivity index (χ4n) is 5.34. The molecule has 0 spiro atoms. The van der Waals surface area contributed by atoms with Crippen molar-refractivity contribution in [3.05, 3.63) is 94.6 Å². The first-order valence-electron chi connectivity index (χ1n) is 13.8. The number of halogens is 4. The van der Waals surface area contributed by atoms with Crippen LogP contribution in [0.1, 0.15) is 81.4 Å². The van der Waals surface area contributed by atoms with Crippen LogP contribution in [0.4, 0.5) is 17.6 Å². The molecule has 0 atom stereocenters. The monoisotopic (exact) mass is 524 g/mol. The van der Waals surface area contributed by atoms with Crippen molar-refractivity contribution in [2.45, 2.75) is 71.1 Å². The molecule has 202 valence electrons. The van der Waals surface area contributed by atoms with Crippen molar-refractivity contribution in [2.24, 2.45) is 5.92 Å². The molecule has 1 fully saturated rings. The Morgan fingerprint density at radius 2 is 1.50 bits per heavy atom. The van der Waals surface area contributed by atoms with Gasteiger partial charge in [-0.1, -0.05) is 74.4 Å². The van der Waals surface area contributed by atoms with Gasteiger partial charge in [0.05, 0.1) is 6.61 Å². The minimum Gasteiger partial charge on any atom is -0.491 e. The molecular formula is C33H36F4O. The van der Waals surface area contributed by atoms with Crippen molar-refractivity contribution in [1.82, 2.24) is 0 Å². The number of benzene rings is 3. The Morgan fingerprint density at radius 1 is 0.763 bits per heavy atom. The van der Waals surface area contributed by atoms with Crippen LogP contribution in [0, 0.1) is 29.2 Å². The summed E-state index contributed by atoms with van der Waals surface area (Å²) in [6.07, 6.45) is 10.9. The molecule has 38 heavy (non-hydrogen) atoms. The van der Waals surface area contributed by atoms with Crippen LogP contribution in [0.3, 0.4) is 0 Å². The second kappa shape index (κ2) is 13.1. The molecule has 1 saturated carbocycles. The number of unbranched alkanes of at least 4 members (excludes halogenated alkanes) is 2. The normalized spacial score (nSPS) is 17.7. The van der Waals surface area contributed by atoms with E-state index in [-0.39, 0.29) is 35.3 Å². The average Bonchev–Trinajstić information content (AvgIpc) is 2.93. The predicted octanol–water partition coefficient (Wildman–Crippen LogP) is 10.0. The highest BCUT2D eigenvalue weighted by Crippen LogP contribution is 2.39. The van der Waals surface area contributed by atoms with E-state index < -0.39 is 23.3 Å². The smallest absolute Gasteiger partial charge is 0.200 e. The van der Waals surface area contributed by atoms with Gasteiger partial charge in [-0.15, -0.1) is 0 Å². The average molecular weight is 525 g/mol. The molecule has 4 rings (SSSR count). The number of aryl methyl sites for hydroxylation is 1. The lowest BCUT2D eigenvalue weighted by molar-refractivity contribution is 0.310. The lowest BCUT2D eigenvalue weighted by Crippen LogP contribution is -2.14. The molecule has 1 aliphatic rings. The minimum absolute atomic E-state index is 0.0647. The third-order valence-electron chi connectivity index (χ3n) is 7.58. The quantitative estimate of drug-likeness (QED) is 0.189. The van der Waals surface area contributed by atoms with E-state index in [4.69, 9.17) is 4.74 Å². The third kappa shape index (κ3) is 6.48. The van der Waals surface area contributed by atoms with Gasteiger partial charge < -0.3 is 4.74 Å². The number of allylic oxidation sites excluding steroid dienone is 1. The molecule has 5 heteroatoms. The van der Waals surface area contributed by atoms with Crippen LogP contribution in [-0.4, -0.2) is 6.61 Å². The molecule has 3 aromatic rings. The van der Waals surface area contributed by atoms with Gasteiger partial charge in [0.2, 0.25) is 5.82 Å². The highest BCUT2D eigenvalue weighted by Gasteiger charge is 2.26. The zero-order chi connectivity index (χ0) is 27.1. The maximum absolute atomic E-state index is 15.0. The molecule has 1 nitrogen and oxygen atoms in total. The zero-order valence-corrected chi connectivity index (χ0v) is 22.2. The largest absolute Gasteiger partial charge is 0.491 e. The third-order valence-corrected chi connectivity index (χ3v) is 7.58. The molecule has 0 saturated heterocycles. The first-order valence-corrected chi connectivity index (χ1v) is 13.8. The number of ether oxygens (including phenoxy) is 1. The standard InChI is InChI=1S/C33H36F4O/c1-3-5-6-7-22-8-13-24(14-9-22)27-19-18-26(30(34)31(27)35)17-12-23-10-15-25(16-11-23)28-20-21-29(38-4-2)33(37)32(28)36/h8-9,12-14,17-21,23,25H,3-7,10-11,15-16H2,1-2H3/b17-12+. The van der Waals surface area contributed by atoms with Crippen molar-refractivity contribution in [3.8, 4) is 16.9 Å². The van der Waals surface area contributed by atoms with E-state index in [1.165, 1.54) is 18.1 Å². The molecule has 3 aromatic carbocycles. The summed E-state index contributed by atoms with van der Waals surface area (Å²) < 4.78 is 63.9. The number of hydrogen-bond acceptors (Lipinski definition) is 1. The summed E-state index contributed by atoms with van der Waals surface area (Å²) in [5.74, 6) is -3.44. The van der Waals surface area contributed by atoms with Crippen molar-refractivity contribution < 1.29 is 22.3 Å². The Bertz CT molecular complexity index is 1240. The highest BCUT2D eigenvalue weighted by atomic mass is 19.2. The fraction of sp³-hybridized carbons (Fsp3) is 0.394. The van der Waals surface area contributed by atoms with Crippen LogP contribution >= 0.6 is 0 Å². The second-order valence-electron chi connectivity index (χ2n) is 10.2. The van der Waals surface area contributed by atoms with Crippen LogP contribution in [0.5, 0.6) is 5.75 Å². The summed E-state index contributed by atoms with van der Waals surface area (Å²) in [7, 11) is 0. The minimum atomic E-state index is -0.935. The Morgan fingerprint density at radius 3 is 2.18 bits per heavy atom. The predicted molar refractivity (Wildman–Crippen MR) is 146 cm³/mol. The van der Waals surface area contributed by atoms with E-state index in [9.17, 15) is 17.6 Å². The van der Waals surface area contributed by atoms with Gasteiger partial charge in [-0.3, -0.25) is 0 Å². The van der Waals surface area contributed by atoms with Crippen LogP contribution in [0.15, 0.2) is 54.6 Å². The summed E-state index contributed by atoms with van der Waals surface area (Å²) >= 11 is 0. The van der Waals surface area contributed by atoms with Gasteiger partial charge in [-0.05, 0) is 80.0 Å². The van der Waals surface area contributed by atoms with E-state index in [1.807, 2.05) is 30.3 Å². The van der Waals surface area contributed by atoms with Gasteiger partial charge in [-0.2, -0.15) is 4.39 Å². The summed E-state index contributed by atoms with van der Waals surface area (Å²) in [6.45, 7) is 4.16. The Balaban J connectivity index is 1.38.